The van der Waals surface area contributed by atoms with Crippen molar-refractivity contribution in [2.24, 2.45) is 17.3 Å². The van der Waals surface area contributed by atoms with Crippen LogP contribution in [0.1, 0.15) is 26.7 Å². The topological polar surface area (TPSA) is 37.3 Å². The molecule has 0 aromatic rings. The normalized spacial score (nSPS) is 33.7. The van der Waals surface area contributed by atoms with Crippen LogP contribution in [0.15, 0.2) is 9.22 Å². The summed E-state index contributed by atoms with van der Waals surface area (Å²) in [6, 6.07) is 0. The van der Waals surface area contributed by atoms with E-state index in [-0.39, 0.29) is 3.39 Å². The summed E-state index contributed by atoms with van der Waals surface area (Å²) in [6.07, 6.45) is 1.60. The second kappa shape index (κ2) is 4.53. The zero-order valence-electron chi connectivity index (χ0n) is 8.56. The van der Waals surface area contributed by atoms with Crippen LogP contribution in [0, 0.1) is 17.3 Å². The van der Waals surface area contributed by atoms with E-state index >= 15 is 0 Å². The number of carboxylic acid groups (broad SMARTS) is 1. The Balaban J connectivity index is 2.92. The van der Waals surface area contributed by atoms with E-state index in [9.17, 15) is 9.18 Å². The fourth-order valence-corrected chi connectivity index (χ4v) is 2.89. The van der Waals surface area contributed by atoms with E-state index in [1.807, 2.05) is 13.8 Å². The Kier molecular flexibility index (Phi) is 3.98. The summed E-state index contributed by atoms with van der Waals surface area (Å²) in [6.45, 7) is 3.81. The average Bonchev–Trinajstić information content (AvgIpc) is 2.70. The number of carboxylic acids is 1. The van der Waals surface area contributed by atoms with Gasteiger partial charge in [0.2, 0.25) is 0 Å². The maximum atomic E-state index is 13.7. The van der Waals surface area contributed by atoms with Crippen molar-refractivity contribution in [3.63, 3.8) is 0 Å². The first-order valence-electron chi connectivity index (χ1n) is 4.79. The van der Waals surface area contributed by atoms with Gasteiger partial charge in [-0.15, -0.1) is 0 Å². The lowest BCUT2D eigenvalue weighted by molar-refractivity contribution is -0.139. The summed E-state index contributed by atoms with van der Waals surface area (Å²) < 4.78 is 13.9. The molecule has 1 aliphatic rings. The molecule has 0 radical (unpaired) electrons. The molecule has 1 aliphatic carbocycles. The van der Waals surface area contributed by atoms with Gasteiger partial charge in [-0.1, -0.05) is 20.3 Å². The van der Waals surface area contributed by atoms with Crippen molar-refractivity contribution in [1.29, 1.82) is 0 Å². The molecule has 3 unspecified atom stereocenters. The van der Waals surface area contributed by atoms with E-state index in [0.29, 0.717) is 0 Å². The Bertz CT molecular complexity index is 313. The molecule has 0 amide bonds. The van der Waals surface area contributed by atoms with Crippen LogP contribution in [0.2, 0.25) is 0 Å². The van der Waals surface area contributed by atoms with Crippen LogP contribution in [-0.2, 0) is 4.79 Å². The molecule has 1 rings (SSSR count). The second-order valence-electron chi connectivity index (χ2n) is 4.16. The average molecular weight is 344 g/mol. The van der Waals surface area contributed by atoms with Crippen LogP contribution >= 0.6 is 31.9 Å². The summed E-state index contributed by atoms with van der Waals surface area (Å²) in [5.41, 5.74) is -0.433. The van der Waals surface area contributed by atoms with Crippen LogP contribution < -0.4 is 0 Å². The molecule has 1 saturated carbocycles. The number of carbonyl (C=O) groups is 1. The summed E-state index contributed by atoms with van der Waals surface area (Å²) in [4.78, 5) is 11.0. The first kappa shape index (κ1) is 13.2. The zero-order chi connectivity index (χ0) is 11.8. The number of allylic oxidation sites excluding steroid dienone is 1. The zero-order valence-corrected chi connectivity index (χ0v) is 11.7. The van der Waals surface area contributed by atoms with E-state index in [1.165, 1.54) is 0 Å². The van der Waals surface area contributed by atoms with Crippen molar-refractivity contribution in [1.82, 2.24) is 0 Å². The monoisotopic (exact) mass is 342 g/mol. The van der Waals surface area contributed by atoms with Gasteiger partial charge in [0.15, 0.2) is 0 Å². The largest absolute Gasteiger partial charge is 0.481 e. The summed E-state index contributed by atoms with van der Waals surface area (Å²) in [5.74, 6) is -2.39. The van der Waals surface area contributed by atoms with Crippen LogP contribution in [0.3, 0.4) is 0 Å². The first-order chi connectivity index (χ1) is 6.86. The highest BCUT2D eigenvalue weighted by Gasteiger charge is 2.66. The van der Waals surface area contributed by atoms with Crippen molar-refractivity contribution in [3.05, 3.63) is 9.22 Å². The molecule has 86 valence electrons. The molecule has 1 N–H and O–H groups in total. The smallest absolute Gasteiger partial charge is 0.307 e. The van der Waals surface area contributed by atoms with Gasteiger partial charge in [0.1, 0.15) is 5.83 Å². The lowest BCUT2D eigenvalue weighted by Gasteiger charge is -2.07. The molecular weight excluding hydrogens is 331 g/mol. The summed E-state index contributed by atoms with van der Waals surface area (Å²) in [5, 5.41) is 9.00. The van der Waals surface area contributed by atoms with Crippen molar-refractivity contribution in [2.75, 3.05) is 0 Å². The molecule has 0 aromatic heterocycles. The second-order valence-corrected chi connectivity index (χ2v) is 6.81. The molecule has 2 nitrogen and oxygen atoms in total. The Hall–Kier alpha value is 0.100. The number of hydrogen-bond acceptors (Lipinski definition) is 1. The Morgan fingerprint density at radius 3 is 2.33 bits per heavy atom. The van der Waals surface area contributed by atoms with Crippen molar-refractivity contribution < 1.29 is 14.3 Å². The van der Waals surface area contributed by atoms with Crippen molar-refractivity contribution >= 4 is 37.8 Å². The maximum Gasteiger partial charge on any atom is 0.307 e. The van der Waals surface area contributed by atoms with Gasteiger partial charge in [-0.25, -0.2) is 4.39 Å². The highest BCUT2D eigenvalue weighted by atomic mass is 79.9. The predicted octanol–water partition coefficient (Wildman–Crippen LogP) is 4.05. The highest BCUT2D eigenvalue weighted by Crippen LogP contribution is 2.65. The molecule has 0 bridgehead atoms. The minimum atomic E-state index is -0.910. The molecule has 0 saturated heterocycles. The Morgan fingerprint density at radius 1 is 1.47 bits per heavy atom. The molecule has 0 spiro atoms. The van der Waals surface area contributed by atoms with E-state index in [2.05, 4.69) is 31.9 Å². The Morgan fingerprint density at radius 2 is 2.00 bits per heavy atom. The van der Waals surface area contributed by atoms with Gasteiger partial charge in [-0.05, 0) is 43.7 Å². The molecule has 5 heteroatoms. The molecule has 0 aliphatic heterocycles. The fraction of sp³-hybridized carbons (Fsp3) is 0.700. The third kappa shape index (κ3) is 2.28. The minimum Gasteiger partial charge on any atom is -0.481 e. The Labute approximate surface area is 105 Å². The number of halogens is 3. The number of hydrogen-bond donors (Lipinski definition) is 1. The maximum absolute atomic E-state index is 13.7. The minimum absolute atomic E-state index is 0.228. The number of aliphatic carboxylic acids is 1. The fourth-order valence-electron chi connectivity index (χ4n) is 2.39. The predicted molar refractivity (Wildman–Crippen MR) is 63.6 cm³/mol. The lowest BCUT2D eigenvalue weighted by Crippen LogP contribution is -2.06. The van der Waals surface area contributed by atoms with Crippen LogP contribution in [-0.4, -0.2) is 11.1 Å². The molecular formula is C10H13Br2FO2. The van der Waals surface area contributed by atoms with Crippen LogP contribution in [0.5, 0.6) is 0 Å². The van der Waals surface area contributed by atoms with E-state index in [0.717, 1.165) is 12.8 Å². The van der Waals surface area contributed by atoms with E-state index in [1.54, 1.807) is 0 Å². The van der Waals surface area contributed by atoms with Crippen LogP contribution in [0.25, 0.3) is 0 Å². The standard InChI is InChI=1S/C10H13Br2FO2/c1-3-4-10(2)5(6(10)9(14)15)7(13)8(11)12/h5-6H,3-4H2,1-2H3,(H,14,15). The quantitative estimate of drug-likeness (QED) is 0.836. The van der Waals surface area contributed by atoms with Gasteiger partial charge in [0, 0.05) is 5.92 Å². The van der Waals surface area contributed by atoms with E-state index < -0.39 is 29.0 Å². The molecule has 15 heavy (non-hydrogen) atoms. The van der Waals surface area contributed by atoms with Crippen molar-refractivity contribution in [2.45, 2.75) is 26.7 Å². The van der Waals surface area contributed by atoms with Crippen LogP contribution in [0.4, 0.5) is 4.39 Å². The third-order valence-electron chi connectivity index (χ3n) is 3.15. The third-order valence-corrected chi connectivity index (χ3v) is 3.91. The van der Waals surface area contributed by atoms with E-state index in [4.69, 9.17) is 5.11 Å². The van der Waals surface area contributed by atoms with Gasteiger partial charge in [-0.3, -0.25) is 4.79 Å². The first-order valence-corrected chi connectivity index (χ1v) is 6.38. The summed E-state index contributed by atoms with van der Waals surface area (Å²) in [7, 11) is 0. The van der Waals surface area contributed by atoms with Gasteiger partial charge < -0.3 is 5.11 Å². The van der Waals surface area contributed by atoms with Gasteiger partial charge in [0.25, 0.3) is 0 Å². The van der Waals surface area contributed by atoms with Crippen molar-refractivity contribution in [3.8, 4) is 0 Å². The molecule has 0 heterocycles. The van der Waals surface area contributed by atoms with Gasteiger partial charge >= 0.3 is 5.97 Å². The van der Waals surface area contributed by atoms with Gasteiger partial charge in [0.05, 0.1) is 9.31 Å². The summed E-state index contributed by atoms with van der Waals surface area (Å²) >= 11 is 5.98. The molecule has 0 aromatic carbocycles. The lowest BCUT2D eigenvalue weighted by atomic mass is 9.98. The molecule has 3 atom stereocenters. The SMILES string of the molecule is CCCC1(C)C(C(=O)O)C1C(F)=C(Br)Br. The highest BCUT2D eigenvalue weighted by molar-refractivity contribution is 9.28. The number of rotatable bonds is 4. The molecule has 1 fully saturated rings. The van der Waals surface area contributed by atoms with Gasteiger partial charge in [-0.2, -0.15) is 0 Å².